The number of hydrogen-bond acceptors (Lipinski definition) is 6. The summed E-state index contributed by atoms with van der Waals surface area (Å²) in [5.74, 6) is 0.760. The Labute approximate surface area is 157 Å². The lowest BCUT2D eigenvalue weighted by molar-refractivity contribution is 0.435. The van der Waals surface area contributed by atoms with Gasteiger partial charge in [-0.2, -0.15) is 0 Å². The zero-order chi connectivity index (χ0) is 18.1. The van der Waals surface area contributed by atoms with Gasteiger partial charge in [0.05, 0.1) is 25.8 Å². The van der Waals surface area contributed by atoms with E-state index in [4.69, 9.17) is 4.52 Å². The van der Waals surface area contributed by atoms with E-state index >= 15 is 0 Å². The van der Waals surface area contributed by atoms with E-state index in [-0.39, 0.29) is 0 Å². The monoisotopic (exact) mass is 357 g/mol. The van der Waals surface area contributed by atoms with Gasteiger partial charge >= 0.3 is 0 Å². The van der Waals surface area contributed by atoms with E-state index in [0.717, 1.165) is 60.1 Å². The molecule has 3 aromatic rings. The van der Waals surface area contributed by atoms with Gasteiger partial charge in [-0.05, 0) is 24.3 Å². The molecule has 2 aromatic carbocycles. The molecule has 0 N–H and O–H groups in total. The van der Waals surface area contributed by atoms with Crippen LogP contribution < -0.4 is 9.80 Å². The summed E-state index contributed by atoms with van der Waals surface area (Å²) in [7, 11) is 0. The third-order valence-corrected chi connectivity index (χ3v) is 4.83. The summed E-state index contributed by atoms with van der Waals surface area (Å²) in [6.45, 7) is 3.52. The molecule has 5 rings (SSSR count). The highest BCUT2D eigenvalue weighted by molar-refractivity contribution is 5.84. The maximum Gasteiger partial charge on any atom is 0.167 e. The molecule has 0 atom stereocenters. The van der Waals surface area contributed by atoms with E-state index in [2.05, 4.69) is 55.3 Å². The van der Waals surface area contributed by atoms with E-state index in [9.17, 15) is 0 Å². The van der Waals surface area contributed by atoms with Crippen LogP contribution in [0.4, 0.5) is 11.4 Å². The van der Waals surface area contributed by atoms with Crippen LogP contribution in [0.1, 0.15) is 0 Å². The van der Waals surface area contributed by atoms with Crippen LogP contribution in [-0.4, -0.2) is 44.0 Å². The van der Waals surface area contributed by atoms with E-state index < -0.39 is 0 Å². The van der Waals surface area contributed by atoms with Crippen molar-refractivity contribution in [3.05, 3.63) is 54.6 Å². The topological polar surface area (TPSA) is 57.2 Å². The maximum atomic E-state index is 5.65. The lowest BCUT2D eigenvalue weighted by Crippen LogP contribution is -2.17. The average molecular weight is 357 g/mol. The number of anilines is 2. The summed E-state index contributed by atoms with van der Waals surface area (Å²) in [5.41, 5.74) is 5.10. The predicted molar refractivity (Wildman–Crippen MR) is 109 cm³/mol. The molecular weight excluding hydrogens is 338 g/mol. The lowest BCUT2D eigenvalue weighted by Gasteiger charge is -2.14. The van der Waals surface area contributed by atoms with Crippen molar-refractivity contribution in [3.8, 4) is 22.6 Å². The first kappa shape index (κ1) is 15.8. The Balaban J connectivity index is 1.43. The molecule has 0 bridgehead atoms. The number of nitrogens with zero attached hydrogens (tertiary/aromatic N) is 5. The molecule has 27 heavy (non-hydrogen) atoms. The fourth-order valence-corrected chi connectivity index (χ4v) is 3.38. The number of aromatic nitrogens is 1. The molecule has 0 spiro atoms. The van der Waals surface area contributed by atoms with Gasteiger partial charge in [0.25, 0.3) is 0 Å². The minimum absolute atomic E-state index is 0.760. The molecule has 0 radical (unpaired) electrons. The highest BCUT2D eigenvalue weighted by Crippen LogP contribution is 2.30. The van der Waals surface area contributed by atoms with Gasteiger partial charge in [-0.15, -0.1) is 0 Å². The van der Waals surface area contributed by atoms with E-state index in [1.165, 1.54) is 0 Å². The fourth-order valence-electron chi connectivity index (χ4n) is 3.38. The molecule has 0 saturated carbocycles. The number of rotatable bonds is 4. The molecule has 2 aliphatic rings. The molecule has 6 heteroatoms. The second-order valence-electron chi connectivity index (χ2n) is 6.61. The standard InChI is InChI=1S/C21H19N5O/c1-3-16(11-18(5-1)25-9-7-22-14-25)20-13-21(27-24-20)17-4-2-6-19(12-17)26-10-8-23-15-26/h1-6,11-15H,7-10H2. The van der Waals surface area contributed by atoms with Crippen molar-refractivity contribution in [1.82, 2.24) is 5.16 Å². The minimum Gasteiger partial charge on any atom is -0.356 e. The Hall–Kier alpha value is -3.41. The molecule has 1 aromatic heterocycles. The van der Waals surface area contributed by atoms with Crippen LogP contribution in [0.5, 0.6) is 0 Å². The molecule has 3 heterocycles. The van der Waals surface area contributed by atoms with Crippen molar-refractivity contribution in [2.45, 2.75) is 0 Å². The highest BCUT2D eigenvalue weighted by atomic mass is 16.5. The Bertz CT molecular complexity index is 943. The summed E-state index contributed by atoms with van der Waals surface area (Å²) in [5, 5.41) is 4.29. The summed E-state index contributed by atoms with van der Waals surface area (Å²) in [4.78, 5) is 12.8. The van der Waals surface area contributed by atoms with Gasteiger partial charge in [0.2, 0.25) is 0 Å². The number of aliphatic imine (C=N–C) groups is 2. The Morgan fingerprint density at radius 3 is 2.00 bits per heavy atom. The molecule has 0 saturated heterocycles. The second-order valence-corrected chi connectivity index (χ2v) is 6.61. The van der Waals surface area contributed by atoms with Crippen molar-refractivity contribution in [3.63, 3.8) is 0 Å². The molecule has 0 fully saturated rings. The largest absolute Gasteiger partial charge is 0.356 e. The third-order valence-electron chi connectivity index (χ3n) is 4.83. The van der Waals surface area contributed by atoms with Crippen LogP contribution >= 0.6 is 0 Å². The van der Waals surface area contributed by atoms with Gasteiger partial charge in [-0.3, -0.25) is 9.98 Å². The SMILES string of the molecule is C1=NCCN1c1cccc(-c2cc(-c3cccc(N4C=NCC4)c3)on2)c1. The van der Waals surface area contributed by atoms with Gasteiger partial charge in [0, 0.05) is 41.7 Å². The van der Waals surface area contributed by atoms with Crippen molar-refractivity contribution in [2.75, 3.05) is 36.0 Å². The highest BCUT2D eigenvalue weighted by Gasteiger charge is 2.14. The summed E-state index contributed by atoms with van der Waals surface area (Å²) in [6, 6.07) is 18.6. The van der Waals surface area contributed by atoms with E-state index in [1.807, 2.05) is 36.9 Å². The van der Waals surface area contributed by atoms with Crippen molar-refractivity contribution >= 4 is 24.1 Å². The summed E-state index contributed by atoms with van der Waals surface area (Å²) in [6.07, 6.45) is 3.78. The normalized spacial score (nSPS) is 15.9. The molecule has 0 unspecified atom stereocenters. The van der Waals surface area contributed by atoms with Crippen LogP contribution in [0.25, 0.3) is 22.6 Å². The maximum absolute atomic E-state index is 5.65. The smallest absolute Gasteiger partial charge is 0.167 e. The number of benzene rings is 2. The van der Waals surface area contributed by atoms with Crippen LogP contribution in [0, 0.1) is 0 Å². The molecular formula is C21H19N5O. The van der Waals surface area contributed by atoms with Crippen LogP contribution in [0.2, 0.25) is 0 Å². The lowest BCUT2D eigenvalue weighted by atomic mass is 10.1. The quantitative estimate of drug-likeness (QED) is 0.714. The first-order chi connectivity index (χ1) is 13.4. The van der Waals surface area contributed by atoms with E-state index in [1.54, 1.807) is 0 Å². The van der Waals surface area contributed by atoms with Gasteiger partial charge in [0.15, 0.2) is 5.76 Å². The minimum atomic E-state index is 0.760. The third kappa shape index (κ3) is 3.10. The zero-order valence-corrected chi connectivity index (χ0v) is 14.8. The zero-order valence-electron chi connectivity index (χ0n) is 14.8. The first-order valence-corrected chi connectivity index (χ1v) is 9.08. The summed E-state index contributed by atoms with van der Waals surface area (Å²) >= 11 is 0. The van der Waals surface area contributed by atoms with Crippen LogP contribution in [0.3, 0.4) is 0 Å². The molecule has 0 amide bonds. The molecule has 2 aliphatic heterocycles. The molecule has 134 valence electrons. The van der Waals surface area contributed by atoms with Gasteiger partial charge in [0.1, 0.15) is 5.69 Å². The Morgan fingerprint density at radius 1 is 0.741 bits per heavy atom. The predicted octanol–water partition coefficient (Wildman–Crippen LogP) is 3.71. The summed E-state index contributed by atoms with van der Waals surface area (Å²) < 4.78 is 5.65. The van der Waals surface area contributed by atoms with Crippen molar-refractivity contribution < 1.29 is 4.52 Å². The molecule has 0 aliphatic carbocycles. The van der Waals surface area contributed by atoms with E-state index in [0.29, 0.717) is 0 Å². The Morgan fingerprint density at radius 2 is 1.37 bits per heavy atom. The van der Waals surface area contributed by atoms with Crippen molar-refractivity contribution in [2.24, 2.45) is 9.98 Å². The van der Waals surface area contributed by atoms with Gasteiger partial charge in [-0.25, -0.2) is 0 Å². The average Bonchev–Trinajstić information content (AvgIpc) is 3.51. The van der Waals surface area contributed by atoms with Crippen LogP contribution in [-0.2, 0) is 0 Å². The molecule has 6 nitrogen and oxygen atoms in total. The number of hydrogen-bond donors (Lipinski definition) is 0. The van der Waals surface area contributed by atoms with Gasteiger partial charge < -0.3 is 14.3 Å². The first-order valence-electron chi connectivity index (χ1n) is 9.08. The van der Waals surface area contributed by atoms with Gasteiger partial charge in [-0.1, -0.05) is 29.4 Å². The van der Waals surface area contributed by atoms with Crippen molar-refractivity contribution in [1.29, 1.82) is 0 Å². The second kappa shape index (κ2) is 6.72. The fraction of sp³-hybridized carbons (Fsp3) is 0.190. The van der Waals surface area contributed by atoms with Crippen LogP contribution in [0.15, 0.2) is 69.1 Å². The Kier molecular flexibility index (Phi) is 3.93.